The van der Waals surface area contributed by atoms with Gasteiger partial charge in [0.15, 0.2) is 0 Å². The van der Waals surface area contributed by atoms with Gasteiger partial charge in [0.25, 0.3) is 0 Å². The Labute approximate surface area is 161 Å². The molecular formula is C20H40O5Si. The first kappa shape index (κ1) is 25.3. The molecule has 26 heavy (non-hydrogen) atoms. The Morgan fingerprint density at radius 3 is 1.54 bits per heavy atom. The zero-order chi connectivity index (χ0) is 19.5. The van der Waals surface area contributed by atoms with Gasteiger partial charge in [-0.1, -0.05) is 65.9 Å². The molecule has 0 spiro atoms. The highest BCUT2D eigenvalue weighted by Crippen LogP contribution is 2.19. The summed E-state index contributed by atoms with van der Waals surface area (Å²) < 4.78 is 23.7. The molecule has 5 nitrogen and oxygen atoms in total. The van der Waals surface area contributed by atoms with Gasteiger partial charge in [0.2, 0.25) is 0 Å². The predicted molar refractivity (Wildman–Crippen MR) is 108 cm³/mol. The molecule has 0 heterocycles. The molecule has 0 bridgehead atoms. The second kappa shape index (κ2) is 17.7. The van der Waals surface area contributed by atoms with Crippen molar-refractivity contribution in [3.63, 3.8) is 0 Å². The third kappa shape index (κ3) is 13.5. The number of esters is 1. The van der Waals surface area contributed by atoms with E-state index < -0.39 is 14.8 Å². The van der Waals surface area contributed by atoms with Crippen LogP contribution in [0.25, 0.3) is 0 Å². The van der Waals surface area contributed by atoms with Gasteiger partial charge in [-0.25, -0.2) is 4.79 Å². The Hall–Kier alpha value is -0.693. The van der Waals surface area contributed by atoms with E-state index in [1.165, 1.54) is 6.08 Å². The first-order chi connectivity index (χ1) is 12.6. The Kier molecular flexibility index (Phi) is 17.2. The summed E-state index contributed by atoms with van der Waals surface area (Å²) >= 11 is 0. The molecule has 0 unspecified atom stereocenters. The lowest BCUT2D eigenvalue weighted by Gasteiger charge is -2.30. The standard InChI is InChI=1S/C20H40O5Si/c1-5-9-12-15-23-26(24-16-13-10-6-2,25-17-14-11-7-3)19-18-22-20(21)8-4/h8H,4-7,9-19H2,1-3H3. The molecule has 6 heteroatoms. The molecule has 0 amide bonds. The maximum absolute atomic E-state index is 11.3. The summed E-state index contributed by atoms with van der Waals surface area (Å²) in [6, 6.07) is 0.497. The lowest BCUT2D eigenvalue weighted by Crippen LogP contribution is -2.47. The number of carbonyl (C=O) groups excluding carboxylic acids is 1. The van der Waals surface area contributed by atoms with Crippen molar-refractivity contribution in [2.24, 2.45) is 0 Å². The van der Waals surface area contributed by atoms with Crippen LogP contribution in [-0.4, -0.2) is 41.2 Å². The van der Waals surface area contributed by atoms with Crippen molar-refractivity contribution in [3.8, 4) is 0 Å². The molecule has 0 aliphatic heterocycles. The molecule has 0 saturated heterocycles. The molecule has 0 saturated carbocycles. The number of rotatable bonds is 19. The second-order valence-corrected chi connectivity index (χ2v) is 9.20. The van der Waals surface area contributed by atoms with Crippen LogP contribution in [0.4, 0.5) is 0 Å². The topological polar surface area (TPSA) is 54.0 Å². The van der Waals surface area contributed by atoms with Crippen molar-refractivity contribution in [2.75, 3.05) is 26.4 Å². The molecule has 0 atom stereocenters. The minimum absolute atomic E-state index is 0.242. The zero-order valence-electron chi connectivity index (χ0n) is 17.2. The lowest BCUT2D eigenvalue weighted by molar-refractivity contribution is -0.137. The van der Waals surface area contributed by atoms with Gasteiger partial charge < -0.3 is 18.0 Å². The summed E-state index contributed by atoms with van der Waals surface area (Å²) in [5.74, 6) is -0.421. The van der Waals surface area contributed by atoms with Gasteiger partial charge in [-0.2, -0.15) is 0 Å². The molecule has 154 valence electrons. The maximum Gasteiger partial charge on any atom is 0.504 e. The van der Waals surface area contributed by atoms with E-state index in [4.69, 9.17) is 18.0 Å². The second-order valence-electron chi connectivity index (χ2n) is 6.47. The molecule has 0 aromatic carbocycles. The number of hydrogen-bond donors (Lipinski definition) is 0. The van der Waals surface area contributed by atoms with Crippen LogP contribution < -0.4 is 0 Å². The molecule has 0 aliphatic rings. The summed E-state index contributed by atoms with van der Waals surface area (Å²) in [7, 11) is -2.84. The summed E-state index contributed by atoms with van der Waals surface area (Å²) in [6.07, 6.45) is 11.0. The average Bonchev–Trinajstić information content (AvgIpc) is 2.65. The highest BCUT2D eigenvalue weighted by molar-refractivity contribution is 6.60. The van der Waals surface area contributed by atoms with E-state index in [1.54, 1.807) is 0 Å². The third-order valence-corrected chi connectivity index (χ3v) is 6.78. The maximum atomic E-state index is 11.3. The van der Waals surface area contributed by atoms with Crippen LogP contribution in [0.3, 0.4) is 0 Å². The lowest BCUT2D eigenvalue weighted by atomic mass is 10.3. The first-order valence-electron chi connectivity index (χ1n) is 10.3. The largest absolute Gasteiger partial charge is 0.504 e. The molecule has 0 radical (unpaired) electrons. The van der Waals surface area contributed by atoms with Crippen LogP contribution in [0.1, 0.15) is 78.6 Å². The monoisotopic (exact) mass is 388 g/mol. The fourth-order valence-electron chi connectivity index (χ4n) is 2.42. The van der Waals surface area contributed by atoms with Gasteiger partial charge >= 0.3 is 14.8 Å². The predicted octanol–water partition coefficient (Wildman–Crippen LogP) is 5.27. The zero-order valence-corrected chi connectivity index (χ0v) is 18.2. The molecule has 0 N–H and O–H groups in total. The van der Waals surface area contributed by atoms with Crippen molar-refractivity contribution >= 4 is 14.8 Å². The molecular weight excluding hydrogens is 348 g/mol. The fraction of sp³-hybridized carbons (Fsp3) is 0.850. The molecule has 0 aromatic heterocycles. The van der Waals surface area contributed by atoms with Crippen LogP contribution in [-0.2, 0) is 22.8 Å². The Morgan fingerprint density at radius 1 is 0.769 bits per heavy atom. The van der Waals surface area contributed by atoms with Crippen molar-refractivity contribution < 1.29 is 22.8 Å². The summed E-state index contributed by atoms with van der Waals surface area (Å²) in [5.41, 5.74) is 0. The van der Waals surface area contributed by atoms with Gasteiger partial charge in [0.1, 0.15) is 0 Å². The minimum Gasteiger partial charge on any atom is -0.463 e. The Balaban J connectivity index is 4.78. The summed E-state index contributed by atoms with van der Waals surface area (Å²) in [5, 5.41) is 0. The van der Waals surface area contributed by atoms with Crippen molar-refractivity contribution in [1.82, 2.24) is 0 Å². The Bertz CT molecular complexity index is 318. The van der Waals surface area contributed by atoms with Crippen LogP contribution in [0.15, 0.2) is 12.7 Å². The highest BCUT2D eigenvalue weighted by Gasteiger charge is 2.41. The molecule has 0 aromatic rings. The number of unbranched alkanes of at least 4 members (excludes halogenated alkanes) is 6. The number of ether oxygens (including phenoxy) is 1. The van der Waals surface area contributed by atoms with Gasteiger partial charge in [-0.3, -0.25) is 0 Å². The van der Waals surface area contributed by atoms with Crippen LogP contribution in [0.5, 0.6) is 0 Å². The van der Waals surface area contributed by atoms with E-state index in [2.05, 4.69) is 27.4 Å². The normalized spacial score (nSPS) is 11.5. The van der Waals surface area contributed by atoms with Crippen molar-refractivity contribution in [2.45, 2.75) is 84.6 Å². The van der Waals surface area contributed by atoms with Crippen LogP contribution in [0.2, 0.25) is 6.04 Å². The van der Waals surface area contributed by atoms with Crippen LogP contribution in [0, 0.1) is 0 Å². The summed E-state index contributed by atoms with van der Waals surface area (Å²) in [6.45, 7) is 12.1. The minimum atomic E-state index is -2.84. The van der Waals surface area contributed by atoms with Gasteiger partial charge in [-0.15, -0.1) is 0 Å². The number of carbonyl (C=O) groups is 1. The SMILES string of the molecule is C=CC(=O)OCC[Si](OCCCCC)(OCCCCC)OCCCCC. The third-order valence-electron chi connectivity index (χ3n) is 4.03. The first-order valence-corrected chi connectivity index (χ1v) is 12.3. The average molecular weight is 389 g/mol. The number of hydrogen-bond acceptors (Lipinski definition) is 5. The summed E-state index contributed by atoms with van der Waals surface area (Å²) in [4.78, 5) is 11.3. The highest BCUT2D eigenvalue weighted by atomic mass is 28.4. The molecule has 0 aliphatic carbocycles. The Morgan fingerprint density at radius 2 is 1.19 bits per heavy atom. The van der Waals surface area contributed by atoms with E-state index in [0.717, 1.165) is 57.8 Å². The molecule has 0 rings (SSSR count). The van der Waals surface area contributed by atoms with E-state index >= 15 is 0 Å². The van der Waals surface area contributed by atoms with E-state index in [-0.39, 0.29) is 6.61 Å². The van der Waals surface area contributed by atoms with Crippen molar-refractivity contribution in [3.05, 3.63) is 12.7 Å². The van der Waals surface area contributed by atoms with Gasteiger partial charge in [0.05, 0.1) is 12.7 Å². The molecule has 0 fully saturated rings. The fourth-order valence-corrected chi connectivity index (χ4v) is 4.82. The smallest absolute Gasteiger partial charge is 0.463 e. The van der Waals surface area contributed by atoms with E-state index in [9.17, 15) is 4.79 Å². The van der Waals surface area contributed by atoms with Crippen molar-refractivity contribution in [1.29, 1.82) is 0 Å². The van der Waals surface area contributed by atoms with Gasteiger partial charge in [0, 0.05) is 25.9 Å². The quantitative estimate of drug-likeness (QED) is 0.130. The van der Waals surface area contributed by atoms with E-state index in [0.29, 0.717) is 25.9 Å². The van der Waals surface area contributed by atoms with E-state index in [1.807, 2.05) is 0 Å². The van der Waals surface area contributed by atoms with Gasteiger partial charge in [-0.05, 0) is 19.3 Å². The van der Waals surface area contributed by atoms with Crippen LogP contribution >= 0.6 is 0 Å².